The van der Waals surface area contributed by atoms with Crippen LogP contribution in [-0.4, -0.2) is 75.1 Å². The van der Waals surface area contributed by atoms with Crippen molar-refractivity contribution in [2.24, 2.45) is 5.73 Å². The molecule has 0 aliphatic carbocycles. The molecule has 0 amide bonds. The van der Waals surface area contributed by atoms with Crippen molar-refractivity contribution in [1.82, 2.24) is 0 Å². The van der Waals surface area contributed by atoms with Gasteiger partial charge in [-0.15, -0.1) is 0 Å². The van der Waals surface area contributed by atoms with E-state index in [9.17, 15) is 4.79 Å². The molecule has 3 fully saturated rings. The summed E-state index contributed by atoms with van der Waals surface area (Å²) in [5, 5.41) is 0. The smallest absolute Gasteiger partial charge is 0.303 e. The molecule has 0 saturated carbocycles. The molecular formula is C27H33NO9. The Morgan fingerprint density at radius 2 is 1.51 bits per heavy atom. The van der Waals surface area contributed by atoms with Gasteiger partial charge in [-0.25, -0.2) is 0 Å². The number of nitrogens with two attached hydrogens (primary N) is 1. The van der Waals surface area contributed by atoms with Crippen LogP contribution in [0.4, 0.5) is 0 Å². The van der Waals surface area contributed by atoms with E-state index in [1.807, 2.05) is 60.7 Å². The van der Waals surface area contributed by atoms with Gasteiger partial charge in [0.25, 0.3) is 0 Å². The van der Waals surface area contributed by atoms with Crippen LogP contribution in [0.25, 0.3) is 0 Å². The van der Waals surface area contributed by atoms with Crippen molar-refractivity contribution in [3.8, 4) is 0 Å². The first-order chi connectivity index (χ1) is 18.0. The third-order valence-electron chi connectivity index (χ3n) is 6.58. The molecule has 5 rings (SSSR count). The second kappa shape index (κ2) is 12.0. The summed E-state index contributed by atoms with van der Waals surface area (Å²) in [5.74, 6) is -0.504. The van der Waals surface area contributed by atoms with Crippen LogP contribution >= 0.6 is 0 Å². The van der Waals surface area contributed by atoms with E-state index in [-0.39, 0.29) is 25.4 Å². The topological polar surface area (TPSA) is 120 Å². The molecule has 37 heavy (non-hydrogen) atoms. The normalized spacial score (nSPS) is 34.9. The molecule has 9 atom stereocenters. The Kier molecular flexibility index (Phi) is 8.48. The van der Waals surface area contributed by atoms with Crippen molar-refractivity contribution in [1.29, 1.82) is 0 Å². The Bertz CT molecular complexity index is 1010. The van der Waals surface area contributed by atoms with Crippen LogP contribution in [0.1, 0.15) is 18.1 Å². The monoisotopic (exact) mass is 515 g/mol. The SMILES string of the molecule is COC1C(N)OC(OC2COC(OCc3ccccc3)C3OC23)C(OC(C)=O)C1OCc1ccccc1. The standard InChI is InChI=1S/C27H33NO9/c1-16(29)34-24-21(31-13-17-9-5-3-6-10-17)22(30-2)25(28)37-27(24)35-19-15-33-26(23-20(19)36-23)32-14-18-11-7-4-8-12-18/h3-12,19-27H,13-15,28H2,1-2H3. The number of epoxide rings is 1. The lowest BCUT2D eigenvalue weighted by Crippen LogP contribution is -2.64. The fraction of sp³-hybridized carbons (Fsp3) is 0.519. The third kappa shape index (κ3) is 6.36. The molecule has 10 heteroatoms. The molecule has 0 aromatic heterocycles. The first kappa shape index (κ1) is 26.2. The van der Waals surface area contributed by atoms with Gasteiger partial charge in [-0.05, 0) is 11.1 Å². The van der Waals surface area contributed by atoms with Crippen molar-refractivity contribution >= 4 is 5.97 Å². The highest BCUT2D eigenvalue weighted by atomic mass is 16.8. The molecule has 0 bridgehead atoms. The minimum absolute atomic E-state index is 0.214. The maximum Gasteiger partial charge on any atom is 0.303 e. The second-order valence-electron chi connectivity index (χ2n) is 9.24. The molecule has 9 unspecified atom stereocenters. The minimum Gasteiger partial charge on any atom is -0.454 e. The maximum absolute atomic E-state index is 12.0. The summed E-state index contributed by atoms with van der Waals surface area (Å²) in [6.45, 7) is 2.22. The van der Waals surface area contributed by atoms with E-state index in [1.165, 1.54) is 14.0 Å². The van der Waals surface area contributed by atoms with E-state index in [4.69, 9.17) is 43.6 Å². The quantitative estimate of drug-likeness (QED) is 0.371. The molecule has 3 saturated heterocycles. The van der Waals surface area contributed by atoms with Crippen LogP contribution in [0.15, 0.2) is 60.7 Å². The Morgan fingerprint density at radius 1 is 0.865 bits per heavy atom. The molecule has 200 valence electrons. The number of hydrogen-bond acceptors (Lipinski definition) is 10. The number of methoxy groups -OCH3 is 1. The number of carbonyl (C=O) groups excluding carboxylic acids is 1. The highest BCUT2D eigenvalue weighted by Gasteiger charge is 2.58. The summed E-state index contributed by atoms with van der Waals surface area (Å²) in [4.78, 5) is 12.0. The van der Waals surface area contributed by atoms with Gasteiger partial charge in [0.2, 0.25) is 0 Å². The Morgan fingerprint density at radius 3 is 2.14 bits per heavy atom. The number of hydrogen-bond donors (Lipinski definition) is 1. The summed E-state index contributed by atoms with van der Waals surface area (Å²) in [6.07, 6.45) is -5.68. The molecule has 3 aliphatic heterocycles. The number of ether oxygens (including phenoxy) is 8. The van der Waals surface area contributed by atoms with Gasteiger partial charge < -0.3 is 43.6 Å². The van der Waals surface area contributed by atoms with E-state index in [0.717, 1.165) is 11.1 Å². The van der Waals surface area contributed by atoms with E-state index in [1.54, 1.807) is 0 Å². The number of esters is 1. The molecule has 2 aromatic carbocycles. The van der Waals surface area contributed by atoms with E-state index >= 15 is 0 Å². The van der Waals surface area contributed by atoms with Crippen LogP contribution in [0, 0.1) is 0 Å². The maximum atomic E-state index is 12.0. The van der Waals surface area contributed by atoms with Gasteiger partial charge in [0, 0.05) is 14.0 Å². The lowest BCUT2D eigenvalue weighted by atomic mass is 10.0. The highest BCUT2D eigenvalue weighted by molar-refractivity contribution is 5.66. The van der Waals surface area contributed by atoms with Crippen LogP contribution in [0.2, 0.25) is 0 Å². The second-order valence-corrected chi connectivity index (χ2v) is 9.24. The molecule has 3 heterocycles. The third-order valence-corrected chi connectivity index (χ3v) is 6.58. The van der Waals surface area contributed by atoms with Crippen molar-refractivity contribution in [3.63, 3.8) is 0 Å². The molecule has 3 aliphatic rings. The van der Waals surface area contributed by atoms with Crippen LogP contribution in [-0.2, 0) is 55.9 Å². The summed E-state index contributed by atoms with van der Waals surface area (Å²) >= 11 is 0. The number of carbonyl (C=O) groups is 1. The van der Waals surface area contributed by atoms with Gasteiger partial charge in [0.05, 0.1) is 19.8 Å². The first-order valence-electron chi connectivity index (χ1n) is 12.4. The Hall–Kier alpha value is -2.41. The molecule has 10 nitrogen and oxygen atoms in total. The van der Waals surface area contributed by atoms with Crippen molar-refractivity contribution in [2.45, 2.75) is 75.6 Å². The average Bonchev–Trinajstić information content (AvgIpc) is 3.71. The lowest BCUT2D eigenvalue weighted by molar-refractivity contribution is -0.326. The largest absolute Gasteiger partial charge is 0.454 e. The summed E-state index contributed by atoms with van der Waals surface area (Å²) in [5.41, 5.74) is 8.27. The first-order valence-corrected chi connectivity index (χ1v) is 12.4. The number of benzene rings is 2. The van der Waals surface area contributed by atoms with Crippen molar-refractivity contribution < 1.29 is 42.7 Å². The minimum atomic E-state index is -1.01. The molecule has 0 spiro atoms. The van der Waals surface area contributed by atoms with Gasteiger partial charge in [-0.1, -0.05) is 60.7 Å². The number of rotatable bonds is 10. The van der Waals surface area contributed by atoms with Gasteiger partial charge in [0.1, 0.15) is 36.7 Å². The highest BCUT2D eigenvalue weighted by Crippen LogP contribution is 2.39. The van der Waals surface area contributed by atoms with Gasteiger partial charge >= 0.3 is 5.97 Å². The predicted octanol–water partition coefficient (Wildman–Crippen LogP) is 1.89. The predicted molar refractivity (Wildman–Crippen MR) is 129 cm³/mol. The van der Waals surface area contributed by atoms with Crippen molar-refractivity contribution in [2.75, 3.05) is 13.7 Å². The summed E-state index contributed by atoms with van der Waals surface area (Å²) < 4.78 is 47.2. The number of fused-ring (bicyclic) bond motifs is 1. The zero-order chi connectivity index (χ0) is 25.8. The Balaban J connectivity index is 1.23. The van der Waals surface area contributed by atoms with Crippen molar-refractivity contribution in [3.05, 3.63) is 71.8 Å². The van der Waals surface area contributed by atoms with Gasteiger partial charge in [-0.3, -0.25) is 4.79 Å². The van der Waals surface area contributed by atoms with E-state index in [2.05, 4.69) is 0 Å². The van der Waals surface area contributed by atoms with Crippen LogP contribution in [0.3, 0.4) is 0 Å². The fourth-order valence-corrected chi connectivity index (χ4v) is 4.71. The fourth-order valence-electron chi connectivity index (χ4n) is 4.71. The van der Waals surface area contributed by atoms with E-state index < -0.39 is 49.2 Å². The lowest BCUT2D eigenvalue weighted by Gasteiger charge is -2.44. The van der Waals surface area contributed by atoms with Crippen LogP contribution < -0.4 is 5.73 Å². The zero-order valence-electron chi connectivity index (χ0n) is 20.8. The molecule has 0 radical (unpaired) electrons. The van der Waals surface area contributed by atoms with Gasteiger partial charge in [-0.2, -0.15) is 0 Å². The van der Waals surface area contributed by atoms with Gasteiger partial charge in [0.15, 0.2) is 18.7 Å². The van der Waals surface area contributed by atoms with Crippen LogP contribution in [0.5, 0.6) is 0 Å². The molecule has 2 aromatic rings. The average molecular weight is 516 g/mol. The Labute approximate surface area is 215 Å². The molecule has 2 N–H and O–H groups in total. The van der Waals surface area contributed by atoms with E-state index in [0.29, 0.717) is 6.61 Å². The molecular weight excluding hydrogens is 482 g/mol. The summed E-state index contributed by atoms with van der Waals surface area (Å²) in [6, 6.07) is 19.5. The summed E-state index contributed by atoms with van der Waals surface area (Å²) in [7, 11) is 1.51. The zero-order valence-corrected chi connectivity index (χ0v) is 20.8.